The lowest BCUT2D eigenvalue weighted by molar-refractivity contribution is 0.0695. The molecule has 2 rings (SSSR count). The molecule has 1 N–H and O–H groups in total. The van der Waals surface area contributed by atoms with Crippen LogP contribution in [0.4, 0.5) is 10.1 Å². The highest BCUT2D eigenvalue weighted by atomic mass is 79.9. The van der Waals surface area contributed by atoms with Crippen LogP contribution in [-0.4, -0.2) is 24.2 Å². The molecule has 0 atom stereocenters. The summed E-state index contributed by atoms with van der Waals surface area (Å²) in [5.74, 6) is -1.62. The summed E-state index contributed by atoms with van der Waals surface area (Å²) in [6.45, 7) is 0. The third kappa shape index (κ3) is 2.91. The summed E-state index contributed by atoms with van der Waals surface area (Å²) in [5.41, 5.74) is 0.419. The van der Waals surface area contributed by atoms with Crippen molar-refractivity contribution < 1.29 is 14.3 Å². The zero-order chi connectivity index (χ0) is 14.0. The van der Waals surface area contributed by atoms with E-state index in [1.54, 1.807) is 6.07 Å². The van der Waals surface area contributed by atoms with E-state index >= 15 is 0 Å². The van der Waals surface area contributed by atoms with Crippen LogP contribution in [0.5, 0.6) is 0 Å². The average molecular weight is 330 g/mol. The second-order valence-corrected chi connectivity index (χ2v) is 5.76. The second kappa shape index (κ2) is 5.90. The number of carboxylic acids is 1. The van der Waals surface area contributed by atoms with Crippen molar-refractivity contribution in [3.8, 4) is 0 Å². The number of anilines is 1. The minimum absolute atomic E-state index is 0.0279. The molecule has 104 valence electrons. The van der Waals surface area contributed by atoms with Crippen LogP contribution in [0, 0.1) is 5.82 Å². The molecule has 1 aliphatic carbocycles. The summed E-state index contributed by atoms with van der Waals surface area (Å²) in [5, 5.41) is 8.96. The molecule has 0 radical (unpaired) electrons. The summed E-state index contributed by atoms with van der Waals surface area (Å²) in [4.78, 5) is 12.9. The van der Waals surface area contributed by atoms with Crippen molar-refractivity contribution in [1.29, 1.82) is 0 Å². The van der Waals surface area contributed by atoms with Gasteiger partial charge in [0.15, 0.2) is 5.82 Å². The molecule has 0 saturated heterocycles. The minimum Gasteiger partial charge on any atom is -0.478 e. The molecule has 1 aromatic rings. The normalized spacial score (nSPS) is 16.4. The fourth-order valence-electron chi connectivity index (χ4n) is 2.64. The van der Waals surface area contributed by atoms with Gasteiger partial charge in [-0.05, 0) is 40.9 Å². The van der Waals surface area contributed by atoms with Gasteiger partial charge in [-0.2, -0.15) is 0 Å². The highest BCUT2D eigenvalue weighted by Gasteiger charge is 2.23. The second-order valence-electron chi connectivity index (χ2n) is 4.97. The first kappa shape index (κ1) is 14.3. The summed E-state index contributed by atoms with van der Waals surface area (Å²) in [6.07, 6.45) is 5.72. The van der Waals surface area contributed by atoms with Gasteiger partial charge >= 0.3 is 5.97 Å². The van der Waals surface area contributed by atoms with Crippen LogP contribution in [0.1, 0.15) is 42.5 Å². The molecule has 0 aliphatic heterocycles. The number of halogens is 2. The molecule has 5 heteroatoms. The number of rotatable bonds is 3. The Labute approximate surface area is 120 Å². The van der Waals surface area contributed by atoms with Gasteiger partial charge in [-0.1, -0.05) is 19.3 Å². The Morgan fingerprint density at radius 2 is 2.00 bits per heavy atom. The Hall–Kier alpha value is -1.10. The molecule has 1 aromatic carbocycles. The van der Waals surface area contributed by atoms with E-state index < -0.39 is 11.8 Å². The van der Waals surface area contributed by atoms with Gasteiger partial charge in [0.1, 0.15) is 0 Å². The van der Waals surface area contributed by atoms with E-state index in [1.165, 1.54) is 25.3 Å². The van der Waals surface area contributed by atoms with Gasteiger partial charge in [0.2, 0.25) is 0 Å². The standard InChI is InChI=1S/C14H17BrFNO2/c1-17(9-5-3-2-4-6-9)11-8-7-10(14(18)19)12(15)13(11)16/h7-9H,2-6H2,1H3,(H,18,19). The van der Waals surface area contributed by atoms with Crippen molar-refractivity contribution in [3.63, 3.8) is 0 Å². The summed E-state index contributed by atoms with van der Waals surface area (Å²) in [7, 11) is 1.88. The van der Waals surface area contributed by atoms with E-state index in [-0.39, 0.29) is 10.0 Å². The predicted octanol–water partition coefficient (Wildman–Crippen LogP) is 4.06. The SMILES string of the molecule is CN(c1ccc(C(=O)O)c(Br)c1F)C1CCCCC1. The van der Waals surface area contributed by atoms with Crippen LogP contribution in [0.3, 0.4) is 0 Å². The van der Waals surface area contributed by atoms with Gasteiger partial charge in [-0.25, -0.2) is 9.18 Å². The number of nitrogens with zero attached hydrogens (tertiary/aromatic N) is 1. The number of benzene rings is 1. The lowest BCUT2D eigenvalue weighted by Crippen LogP contribution is -2.34. The van der Waals surface area contributed by atoms with Gasteiger partial charge in [0.05, 0.1) is 15.7 Å². The Bertz CT molecular complexity index is 487. The molecule has 0 bridgehead atoms. The van der Waals surface area contributed by atoms with Crippen molar-refractivity contribution in [3.05, 3.63) is 28.0 Å². The predicted molar refractivity (Wildman–Crippen MR) is 76.3 cm³/mol. The van der Waals surface area contributed by atoms with Gasteiger partial charge < -0.3 is 10.0 Å². The maximum Gasteiger partial charge on any atom is 0.336 e. The number of carboxylic acid groups (broad SMARTS) is 1. The highest BCUT2D eigenvalue weighted by molar-refractivity contribution is 9.10. The smallest absolute Gasteiger partial charge is 0.336 e. The molecule has 0 unspecified atom stereocenters. The van der Waals surface area contributed by atoms with E-state index in [4.69, 9.17) is 5.11 Å². The fourth-order valence-corrected chi connectivity index (χ4v) is 3.15. The molecule has 1 fully saturated rings. The monoisotopic (exact) mass is 329 g/mol. The fraction of sp³-hybridized carbons (Fsp3) is 0.500. The first-order chi connectivity index (χ1) is 9.02. The Kier molecular flexibility index (Phi) is 4.45. The third-order valence-corrected chi connectivity index (χ3v) is 4.57. The van der Waals surface area contributed by atoms with Crippen molar-refractivity contribution in [1.82, 2.24) is 0 Å². The van der Waals surface area contributed by atoms with Gasteiger partial charge in [-0.3, -0.25) is 0 Å². The van der Waals surface area contributed by atoms with E-state index in [2.05, 4.69) is 15.9 Å². The number of hydrogen-bond donors (Lipinski definition) is 1. The summed E-state index contributed by atoms with van der Waals surface area (Å²) >= 11 is 3.04. The van der Waals surface area contributed by atoms with Crippen LogP contribution in [0.15, 0.2) is 16.6 Å². The molecule has 0 aromatic heterocycles. The Morgan fingerprint density at radius 1 is 1.37 bits per heavy atom. The van der Waals surface area contributed by atoms with E-state index in [0.717, 1.165) is 12.8 Å². The minimum atomic E-state index is -1.13. The molecule has 3 nitrogen and oxygen atoms in total. The van der Waals surface area contributed by atoms with Crippen LogP contribution < -0.4 is 4.90 Å². The zero-order valence-corrected chi connectivity index (χ0v) is 12.4. The Balaban J connectivity index is 2.29. The van der Waals surface area contributed by atoms with Gasteiger partial charge in [0.25, 0.3) is 0 Å². The van der Waals surface area contributed by atoms with Gasteiger partial charge in [0, 0.05) is 13.1 Å². The van der Waals surface area contributed by atoms with Crippen LogP contribution in [0.25, 0.3) is 0 Å². The van der Waals surface area contributed by atoms with E-state index in [0.29, 0.717) is 11.7 Å². The quantitative estimate of drug-likeness (QED) is 0.909. The number of hydrogen-bond acceptors (Lipinski definition) is 2. The van der Waals surface area contributed by atoms with Crippen molar-refractivity contribution in [2.45, 2.75) is 38.1 Å². The lowest BCUT2D eigenvalue weighted by Gasteiger charge is -2.33. The average Bonchev–Trinajstić information content (AvgIpc) is 2.41. The molecular formula is C14H17BrFNO2. The van der Waals surface area contributed by atoms with Crippen LogP contribution in [-0.2, 0) is 0 Å². The number of carbonyl (C=O) groups is 1. The van der Waals surface area contributed by atoms with Crippen molar-refractivity contribution in [2.24, 2.45) is 0 Å². The number of aromatic carboxylic acids is 1. The first-order valence-corrected chi connectivity index (χ1v) is 7.25. The molecular weight excluding hydrogens is 313 g/mol. The van der Waals surface area contributed by atoms with Gasteiger partial charge in [-0.15, -0.1) is 0 Å². The summed E-state index contributed by atoms with van der Waals surface area (Å²) < 4.78 is 14.3. The molecule has 1 saturated carbocycles. The molecule has 0 spiro atoms. The molecule has 1 aliphatic rings. The van der Waals surface area contributed by atoms with E-state index in [9.17, 15) is 9.18 Å². The zero-order valence-electron chi connectivity index (χ0n) is 10.8. The van der Waals surface area contributed by atoms with Crippen molar-refractivity contribution >= 4 is 27.6 Å². The maximum absolute atomic E-state index is 14.3. The molecule has 0 amide bonds. The Morgan fingerprint density at radius 3 is 2.58 bits per heavy atom. The highest BCUT2D eigenvalue weighted by Crippen LogP contribution is 2.32. The van der Waals surface area contributed by atoms with E-state index in [1.807, 2.05) is 11.9 Å². The van der Waals surface area contributed by atoms with Crippen LogP contribution >= 0.6 is 15.9 Å². The molecule has 0 heterocycles. The third-order valence-electron chi connectivity index (χ3n) is 3.79. The molecule has 19 heavy (non-hydrogen) atoms. The largest absolute Gasteiger partial charge is 0.478 e. The summed E-state index contributed by atoms with van der Waals surface area (Å²) in [6, 6.07) is 3.34. The maximum atomic E-state index is 14.3. The van der Waals surface area contributed by atoms with Crippen molar-refractivity contribution in [2.75, 3.05) is 11.9 Å². The first-order valence-electron chi connectivity index (χ1n) is 6.46. The lowest BCUT2D eigenvalue weighted by atomic mass is 9.94. The van der Waals surface area contributed by atoms with Crippen LogP contribution in [0.2, 0.25) is 0 Å². The topological polar surface area (TPSA) is 40.5 Å².